The first-order valence-corrected chi connectivity index (χ1v) is 6.09. The van der Waals surface area contributed by atoms with Gasteiger partial charge in [-0.25, -0.2) is 0 Å². The van der Waals surface area contributed by atoms with Gasteiger partial charge in [-0.3, -0.25) is 4.79 Å². The lowest BCUT2D eigenvalue weighted by Crippen LogP contribution is -2.24. The summed E-state index contributed by atoms with van der Waals surface area (Å²) in [6.45, 7) is 0.457. The maximum Gasteiger partial charge on any atom is 0.177 e. The molecule has 1 saturated carbocycles. The van der Waals surface area contributed by atoms with Crippen molar-refractivity contribution < 1.29 is 4.79 Å². The van der Waals surface area contributed by atoms with Crippen LogP contribution in [-0.4, -0.2) is 18.4 Å². The van der Waals surface area contributed by atoms with Crippen LogP contribution in [0.2, 0.25) is 0 Å². The molecule has 0 bridgehead atoms. The highest BCUT2D eigenvalue weighted by atomic mass is 16.1. The van der Waals surface area contributed by atoms with Crippen LogP contribution in [0.25, 0.3) is 10.8 Å². The molecule has 2 nitrogen and oxygen atoms in total. The van der Waals surface area contributed by atoms with E-state index in [1.165, 1.54) is 12.8 Å². The SMILES string of the molecule is O=C(CNC1CC1)c1cccc2ccccc12. The van der Waals surface area contributed by atoms with Crippen LogP contribution >= 0.6 is 0 Å². The zero-order chi connectivity index (χ0) is 11.7. The van der Waals surface area contributed by atoms with Crippen molar-refractivity contribution >= 4 is 16.6 Å². The lowest BCUT2D eigenvalue weighted by molar-refractivity contribution is 0.0992. The second kappa shape index (κ2) is 4.30. The summed E-state index contributed by atoms with van der Waals surface area (Å²) in [7, 11) is 0. The minimum atomic E-state index is 0.189. The van der Waals surface area contributed by atoms with Crippen LogP contribution in [0, 0.1) is 0 Å². The van der Waals surface area contributed by atoms with E-state index >= 15 is 0 Å². The lowest BCUT2D eigenvalue weighted by Gasteiger charge is -2.06. The predicted octanol–water partition coefficient (Wildman–Crippen LogP) is 2.77. The number of ketones is 1. The van der Waals surface area contributed by atoms with Crippen molar-refractivity contribution in [3.05, 3.63) is 48.0 Å². The molecule has 1 fully saturated rings. The zero-order valence-corrected chi connectivity index (χ0v) is 9.65. The Hall–Kier alpha value is -1.67. The van der Waals surface area contributed by atoms with Gasteiger partial charge >= 0.3 is 0 Å². The molecule has 0 saturated heterocycles. The van der Waals surface area contributed by atoms with Crippen molar-refractivity contribution in [1.29, 1.82) is 0 Å². The Kier molecular flexibility index (Phi) is 2.65. The highest BCUT2D eigenvalue weighted by Gasteiger charge is 2.21. The van der Waals surface area contributed by atoms with E-state index in [2.05, 4.69) is 5.32 Å². The normalized spacial score (nSPS) is 15.1. The van der Waals surface area contributed by atoms with Gasteiger partial charge in [-0.05, 0) is 23.6 Å². The van der Waals surface area contributed by atoms with Gasteiger partial charge in [0, 0.05) is 11.6 Å². The molecule has 0 radical (unpaired) electrons. The van der Waals surface area contributed by atoms with E-state index in [4.69, 9.17) is 0 Å². The highest BCUT2D eigenvalue weighted by Crippen LogP contribution is 2.20. The van der Waals surface area contributed by atoms with Crippen molar-refractivity contribution in [2.24, 2.45) is 0 Å². The molecule has 0 heterocycles. The maximum absolute atomic E-state index is 12.1. The van der Waals surface area contributed by atoms with Gasteiger partial charge in [0.05, 0.1) is 6.54 Å². The number of Topliss-reactive ketones (excluding diaryl/α,β-unsaturated/α-hetero) is 1. The quantitative estimate of drug-likeness (QED) is 0.811. The van der Waals surface area contributed by atoms with Crippen LogP contribution in [0.1, 0.15) is 23.2 Å². The molecule has 0 spiro atoms. The Morgan fingerprint density at radius 1 is 1.12 bits per heavy atom. The van der Waals surface area contributed by atoms with Crippen LogP contribution < -0.4 is 5.32 Å². The average Bonchev–Trinajstić information content (AvgIpc) is 3.19. The molecule has 2 heteroatoms. The Balaban J connectivity index is 1.89. The number of hydrogen-bond acceptors (Lipinski definition) is 2. The maximum atomic E-state index is 12.1. The van der Waals surface area contributed by atoms with Crippen LogP contribution in [-0.2, 0) is 0 Å². The fourth-order valence-corrected chi connectivity index (χ4v) is 2.09. The van der Waals surface area contributed by atoms with Crippen LogP contribution in [0.4, 0.5) is 0 Å². The molecule has 17 heavy (non-hydrogen) atoms. The van der Waals surface area contributed by atoms with Crippen molar-refractivity contribution in [2.45, 2.75) is 18.9 Å². The van der Waals surface area contributed by atoms with Gasteiger partial charge in [-0.2, -0.15) is 0 Å². The third-order valence-electron chi connectivity index (χ3n) is 3.22. The predicted molar refractivity (Wildman–Crippen MR) is 69.3 cm³/mol. The summed E-state index contributed by atoms with van der Waals surface area (Å²) in [6.07, 6.45) is 2.42. The molecule has 0 aliphatic heterocycles. The Bertz CT molecular complexity index is 552. The number of hydrogen-bond donors (Lipinski definition) is 1. The third kappa shape index (κ3) is 2.22. The standard InChI is InChI=1S/C15H15NO/c17-15(10-16-12-8-9-12)14-7-3-5-11-4-1-2-6-13(11)14/h1-7,12,16H,8-10H2. The van der Waals surface area contributed by atoms with E-state index in [1.54, 1.807) is 0 Å². The minimum absolute atomic E-state index is 0.189. The second-order valence-corrected chi connectivity index (χ2v) is 4.61. The van der Waals surface area contributed by atoms with Gasteiger partial charge in [-0.15, -0.1) is 0 Å². The molecule has 0 unspecified atom stereocenters. The van der Waals surface area contributed by atoms with E-state index in [0.29, 0.717) is 12.6 Å². The first kappa shape index (κ1) is 10.5. The number of carbonyl (C=O) groups excluding carboxylic acids is 1. The van der Waals surface area contributed by atoms with Gasteiger partial charge in [-0.1, -0.05) is 42.5 Å². The first-order chi connectivity index (χ1) is 8.34. The first-order valence-electron chi connectivity index (χ1n) is 6.09. The number of nitrogens with one attached hydrogen (secondary N) is 1. The van der Waals surface area contributed by atoms with Crippen molar-refractivity contribution in [3.63, 3.8) is 0 Å². The van der Waals surface area contributed by atoms with Crippen LogP contribution in [0.15, 0.2) is 42.5 Å². The molecule has 3 rings (SSSR count). The Morgan fingerprint density at radius 2 is 1.88 bits per heavy atom. The number of carbonyl (C=O) groups is 1. The molecule has 0 atom stereocenters. The topological polar surface area (TPSA) is 29.1 Å². The van der Waals surface area contributed by atoms with Crippen molar-refractivity contribution in [2.75, 3.05) is 6.54 Å². The lowest BCUT2D eigenvalue weighted by atomic mass is 10.0. The highest BCUT2D eigenvalue weighted by molar-refractivity contribution is 6.09. The van der Waals surface area contributed by atoms with E-state index in [9.17, 15) is 4.79 Å². The summed E-state index contributed by atoms with van der Waals surface area (Å²) in [5.74, 6) is 0.189. The monoisotopic (exact) mass is 225 g/mol. The van der Waals surface area contributed by atoms with Crippen LogP contribution in [0.5, 0.6) is 0 Å². The van der Waals surface area contributed by atoms with Crippen molar-refractivity contribution in [1.82, 2.24) is 5.32 Å². The smallest absolute Gasteiger partial charge is 0.177 e. The Labute approximate surface area is 101 Å². The summed E-state index contributed by atoms with van der Waals surface area (Å²) in [6, 6.07) is 14.5. The van der Waals surface area contributed by atoms with Crippen LogP contribution in [0.3, 0.4) is 0 Å². The molecule has 2 aromatic rings. The van der Waals surface area contributed by atoms with Gasteiger partial charge in [0.2, 0.25) is 0 Å². The van der Waals surface area contributed by atoms with E-state index in [-0.39, 0.29) is 5.78 Å². The van der Waals surface area contributed by atoms with E-state index in [0.717, 1.165) is 16.3 Å². The molecular weight excluding hydrogens is 210 g/mol. The minimum Gasteiger partial charge on any atom is -0.307 e. The molecule has 86 valence electrons. The fourth-order valence-electron chi connectivity index (χ4n) is 2.09. The Morgan fingerprint density at radius 3 is 2.71 bits per heavy atom. The molecule has 0 amide bonds. The molecule has 1 aliphatic carbocycles. The summed E-state index contributed by atoms with van der Waals surface area (Å²) in [5.41, 5.74) is 0.830. The summed E-state index contributed by atoms with van der Waals surface area (Å²) in [5, 5.41) is 5.45. The second-order valence-electron chi connectivity index (χ2n) is 4.61. The number of fused-ring (bicyclic) bond motifs is 1. The summed E-state index contributed by atoms with van der Waals surface area (Å²) < 4.78 is 0. The number of rotatable bonds is 4. The zero-order valence-electron chi connectivity index (χ0n) is 9.65. The fraction of sp³-hybridized carbons (Fsp3) is 0.267. The van der Waals surface area contributed by atoms with Gasteiger partial charge in [0.25, 0.3) is 0 Å². The van der Waals surface area contributed by atoms with E-state index < -0.39 is 0 Å². The summed E-state index contributed by atoms with van der Waals surface area (Å²) >= 11 is 0. The summed E-state index contributed by atoms with van der Waals surface area (Å²) in [4.78, 5) is 12.1. The molecule has 1 aliphatic rings. The molecule has 2 aromatic carbocycles. The average molecular weight is 225 g/mol. The molecule has 1 N–H and O–H groups in total. The van der Waals surface area contributed by atoms with E-state index in [1.807, 2.05) is 42.5 Å². The van der Waals surface area contributed by atoms with Gasteiger partial charge < -0.3 is 5.32 Å². The molecular formula is C15H15NO. The largest absolute Gasteiger partial charge is 0.307 e. The number of benzene rings is 2. The third-order valence-corrected chi connectivity index (χ3v) is 3.22. The van der Waals surface area contributed by atoms with Gasteiger partial charge in [0.1, 0.15) is 0 Å². The molecule has 0 aromatic heterocycles. The van der Waals surface area contributed by atoms with Crippen molar-refractivity contribution in [3.8, 4) is 0 Å². The van der Waals surface area contributed by atoms with Gasteiger partial charge in [0.15, 0.2) is 5.78 Å².